The highest BCUT2D eigenvalue weighted by atomic mass is 32.2. The molecule has 0 saturated carbocycles. The molecule has 0 amide bonds. The molecule has 0 N–H and O–H groups in total. The Balaban J connectivity index is 3.07. The standard InChI is InChI=1S/C12H16N2O4S/c1-4-17-11(15)10(12(16)18-5-2)8-6-9(19-3)14-7-13-8/h6-7,10H,4-5H2,1-3H3. The van der Waals surface area contributed by atoms with Gasteiger partial charge in [-0.3, -0.25) is 9.59 Å². The van der Waals surface area contributed by atoms with E-state index in [9.17, 15) is 9.59 Å². The monoisotopic (exact) mass is 284 g/mol. The fourth-order valence-electron chi connectivity index (χ4n) is 1.41. The highest BCUT2D eigenvalue weighted by Gasteiger charge is 2.33. The number of nitrogens with zero attached hydrogens (tertiary/aromatic N) is 2. The van der Waals surface area contributed by atoms with E-state index in [0.29, 0.717) is 5.03 Å². The largest absolute Gasteiger partial charge is 0.465 e. The summed E-state index contributed by atoms with van der Waals surface area (Å²) in [6.45, 7) is 3.73. The van der Waals surface area contributed by atoms with Gasteiger partial charge >= 0.3 is 11.9 Å². The number of carbonyl (C=O) groups is 2. The predicted octanol–water partition coefficient (Wildman–Crippen LogP) is 1.41. The maximum Gasteiger partial charge on any atom is 0.326 e. The highest BCUT2D eigenvalue weighted by molar-refractivity contribution is 7.98. The van der Waals surface area contributed by atoms with E-state index in [4.69, 9.17) is 9.47 Å². The summed E-state index contributed by atoms with van der Waals surface area (Å²) in [6, 6.07) is 1.59. The van der Waals surface area contributed by atoms with Crippen molar-refractivity contribution in [1.82, 2.24) is 9.97 Å². The van der Waals surface area contributed by atoms with Gasteiger partial charge in [0, 0.05) is 0 Å². The van der Waals surface area contributed by atoms with Gasteiger partial charge in [-0.1, -0.05) is 0 Å². The van der Waals surface area contributed by atoms with Gasteiger partial charge in [0.25, 0.3) is 0 Å². The van der Waals surface area contributed by atoms with Gasteiger partial charge in [-0.2, -0.15) is 0 Å². The Morgan fingerprint density at radius 2 is 1.79 bits per heavy atom. The lowest BCUT2D eigenvalue weighted by atomic mass is 10.1. The fourth-order valence-corrected chi connectivity index (χ4v) is 1.80. The van der Waals surface area contributed by atoms with Crippen molar-refractivity contribution in [2.45, 2.75) is 24.8 Å². The Labute approximate surface area is 115 Å². The fraction of sp³-hybridized carbons (Fsp3) is 0.500. The Kier molecular flexibility index (Phi) is 6.27. The number of ether oxygens (including phenoxy) is 2. The van der Waals surface area contributed by atoms with Crippen molar-refractivity contribution >= 4 is 23.7 Å². The molecule has 0 spiro atoms. The molecule has 1 rings (SSSR count). The van der Waals surface area contributed by atoms with Gasteiger partial charge in [0.1, 0.15) is 6.33 Å². The molecule has 0 bridgehead atoms. The summed E-state index contributed by atoms with van der Waals surface area (Å²) in [7, 11) is 0. The normalized spacial score (nSPS) is 10.3. The molecule has 0 fully saturated rings. The van der Waals surface area contributed by atoms with Crippen LogP contribution in [0, 0.1) is 0 Å². The second-order valence-electron chi connectivity index (χ2n) is 3.42. The lowest BCUT2D eigenvalue weighted by Gasteiger charge is -2.14. The molecule has 0 aliphatic rings. The van der Waals surface area contributed by atoms with Crippen LogP contribution < -0.4 is 0 Å². The highest BCUT2D eigenvalue weighted by Crippen LogP contribution is 2.20. The Morgan fingerprint density at radius 3 is 2.26 bits per heavy atom. The number of esters is 2. The summed E-state index contributed by atoms with van der Waals surface area (Å²) in [4.78, 5) is 31.7. The Hall–Kier alpha value is -1.63. The summed E-state index contributed by atoms with van der Waals surface area (Å²) in [5, 5.41) is 0.670. The third kappa shape index (κ3) is 4.20. The van der Waals surface area contributed by atoms with Gasteiger partial charge in [0.15, 0.2) is 5.92 Å². The smallest absolute Gasteiger partial charge is 0.326 e. The first kappa shape index (κ1) is 15.4. The number of thioether (sulfide) groups is 1. The molecular formula is C12H16N2O4S. The number of hydrogen-bond donors (Lipinski definition) is 0. The van der Waals surface area contributed by atoms with Crippen LogP contribution in [0.15, 0.2) is 17.4 Å². The summed E-state index contributed by atoms with van der Waals surface area (Å²) < 4.78 is 9.78. The molecule has 0 atom stereocenters. The molecule has 0 aliphatic carbocycles. The van der Waals surface area contributed by atoms with Crippen molar-refractivity contribution in [3.63, 3.8) is 0 Å². The first-order chi connectivity index (χ1) is 9.13. The van der Waals surface area contributed by atoms with E-state index >= 15 is 0 Å². The lowest BCUT2D eigenvalue weighted by Crippen LogP contribution is -2.27. The zero-order chi connectivity index (χ0) is 14.3. The second-order valence-corrected chi connectivity index (χ2v) is 4.25. The first-order valence-corrected chi connectivity index (χ1v) is 7.05. The van der Waals surface area contributed by atoms with E-state index < -0.39 is 17.9 Å². The maximum absolute atomic E-state index is 11.9. The van der Waals surface area contributed by atoms with Crippen LogP contribution in [-0.2, 0) is 19.1 Å². The summed E-state index contributed by atoms with van der Waals surface area (Å²) in [5.74, 6) is -2.48. The minimum Gasteiger partial charge on any atom is -0.465 e. The number of aromatic nitrogens is 2. The third-order valence-electron chi connectivity index (χ3n) is 2.21. The average Bonchev–Trinajstić information content (AvgIpc) is 2.40. The maximum atomic E-state index is 11.9. The van der Waals surface area contributed by atoms with Crippen molar-refractivity contribution in [3.05, 3.63) is 18.1 Å². The minimum atomic E-state index is -1.16. The minimum absolute atomic E-state index is 0.190. The predicted molar refractivity (Wildman–Crippen MR) is 69.8 cm³/mol. The van der Waals surface area contributed by atoms with Crippen molar-refractivity contribution in [2.75, 3.05) is 19.5 Å². The van der Waals surface area contributed by atoms with Gasteiger partial charge in [-0.05, 0) is 26.2 Å². The molecule has 1 aromatic rings. The third-order valence-corrected chi connectivity index (χ3v) is 2.85. The zero-order valence-corrected chi connectivity index (χ0v) is 11.9. The van der Waals surface area contributed by atoms with Crippen molar-refractivity contribution in [1.29, 1.82) is 0 Å². The van der Waals surface area contributed by atoms with E-state index in [1.54, 1.807) is 19.9 Å². The molecule has 0 aromatic carbocycles. The summed E-state index contributed by atoms with van der Waals surface area (Å²) >= 11 is 1.40. The van der Waals surface area contributed by atoms with Gasteiger partial charge in [-0.25, -0.2) is 9.97 Å². The number of rotatable bonds is 6. The topological polar surface area (TPSA) is 78.4 Å². The van der Waals surface area contributed by atoms with Gasteiger partial charge in [0.2, 0.25) is 0 Å². The average molecular weight is 284 g/mol. The van der Waals surface area contributed by atoms with E-state index in [0.717, 1.165) is 0 Å². The molecule has 0 saturated heterocycles. The number of hydrogen-bond acceptors (Lipinski definition) is 7. The summed E-state index contributed by atoms with van der Waals surface area (Å²) in [5.41, 5.74) is 0.288. The number of carbonyl (C=O) groups excluding carboxylic acids is 2. The van der Waals surface area contributed by atoms with E-state index in [-0.39, 0.29) is 18.9 Å². The van der Waals surface area contributed by atoms with Crippen LogP contribution in [0.1, 0.15) is 25.5 Å². The quantitative estimate of drug-likeness (QED) is 0.338. The molecule has 0 unspecified atom stereocenters. The van der Waals surface area contributed by atoms with Crippen LogP contribution in [0.4, 0.5) is 0 Å². The van der Waals surface area contributed by atoms with Crippen molar-refractivity contribution in [3.8, 4) is 0 Å². The lowest BCUT2D eigenvalue weighted by molar-refractivity contribution is -0.157. The van der Waals surface area contributed by atoms with Crippen LogP contribution in [0.25, 0.3) is 0 Å². The van der Waals surface area contributed by atoms with Crippen LogP contribution >= 0.6 is 11.8 Å². The van der Waals surface area contributed by atoms with Crippen LogP contribution in [0.2, 0.25) is 0 Å². The van der Waals surface area contributed by atoms with Gasteiger partial charge < -0.3 is 9.47 Å². The van der Waals surface area contributed by atoms with Crippen LogP contribution in [0.5, 0.6) is 0 Å². The van der Waals surface area contributed by atoms with Crippen LogP contribution in [0.3, 0.4) is 0 Å². The molecule has 1 aromatic heterocycles. The van der Waals surface area contributed by atoms with Gasteiger partial charge in [0.05, 0.1) is 23.9 Å². The van der Waals surface area contributed by atoms with Gasteiger partial charge in [-0.15, -0.1) is 11.8 Å². The first-order valence-electron chi connectivity index (χ1n) is 5.83. The van der Waals surface area contributed by atoms with Crippen LogP contribution in [-0.4, -0.2) is 41.4 Å². The SMILES string of the molecule is CCOC(=O)C(C(=O)OCC)c1cc(SC)ncn1. The molecule has 0 aliphatic heterocycles. The molecule has 104 valence electrons. The Morgan fingerprint density at radius 1 is 1.21 bits per heavy atom. The molecule has 6 nitrogen and oxygen atoms in total. The van der Waals surface area contributed by atoms with E-state index in [2.05, 4.69) is 9.97 Å². The molecule has 7 heteroatoms. The molecular weight excluding hydrogens is 268 g/mol. The molecule has 19 heavy (non-hydrogen) atoms. The van der Waals surface area contributed by atoms with Crippen molar-refractivity contribution in [2.24, 2.45) is 0 Å². The Bertz CT molecular complexity index is 435. The zero-order valence-electron chi connectivity index (χ0n) is 11.1. The van der Waals surface area contributed by atoms with Crippen molar-refractivity contribution < 1.29 is 19.1 Å². The summed E-state index contributed by atoms with van der Waals surface area (Å²) in [6.07, 6.45) is 3.16. The molecule has 1 heterocycles. The molecule has 0 radical (unpaired) electrons. The second kappa shape index (κ2) is 7.73. The van der Waals surface area contributed by atoms with E-state index in [1.807, 2.05) is 6.26 Å². The van der Waals surface area contributed by atoms with E-state index in [1.165, 1.54) is 18.1 Å².